The van der Waals surface area contributed by atoms with Gasteiger partial charge in [-0.3, -0.25) is 4.79 Å². The van der Waals surface area contributed by atoms with E-state index in [9.17, 15) is 4.79 Å². The highest BCUT2D eigenvalue weighted by Crippen LogP contribution is 2.11. The number of nitrogens with zero attached hydrogens (tertiary/aromatic N) is 2. The van der Waals surface area contributed by atoms with Crippen LogP contribution in [0.15, 0.2) is 6.20 Å². The van der Waals surface area contributed by atoms with Gasteiger partial charge in [-0.1, -0.05) is 0 Å². The number of hydrogen-bond donors (Lipinski definition) is 1. The molecule has 0 saturated heterocycles. The molecule has 0 fully saturated rings. The van der Waals surface area contributed by atoms with Crippen LogP contribution >= 0.6 is 11.3 Å². The minimum atomic E-state index is 0.0944. The zero-order valence-electron chi connectivity index (χ0n) is 10.1. The van der Waals surface area contributed by atoms with Gasteiger partial charge in [-0.2, -0.15) is 0 Å². The van der Waals surface area contributed by atoms with Crippen molar-refractivity contribution < 1.29 is 4.79 Å². The second-order valence-corrected chi connectivity index (χ2v) is 5.16. The fraction of sp³-hybridized carbons (Fsp3) is 0.636. The summed E-state index contributed by atoms with van der Waals surface area (Å²) in [5.74, 6) is 0.0944. The zero-order chi connectivity index (χ0) is 12.0. The molecule has 0 atom stereocenters. The van der Waals surface area contributed by atoms with E-state index in [0.29, 0.717) is 6.42 Å². The minimum absolute atomic E-state index is 0.0944. The third-order valence-corrected chi connectivity index (χ3v) is 3.35. The van der Waals surface area contributed by atoms with E-state index in [-0.39, 0.29) is 5.91 Å². The van der Waals surface area contributed by atoms with E-state index in [0.717, 1.165) is 19.5 Å². The molecule has 0 saturated carbocycles. The molecule has 1 aromatic heterocycles. The van der Waals surface area contributed by atoms with Gasteiger partial charge in [-0.15, -0.1) is 11.3 Å². The SMILES string of the molecule is CNC(=O)CCN(C)CCc1ncc(C)s1. The number of aromatic nitrogens is 1. The van der Waals surface area contributed by atoms with Gasteiger partial charge in [0.05, 0.1) is 5.01 Å². The monoisotopic (exact) mass is 241 g/mol. The van der Waals surface area contributed by atoms with Crippen molar-refractivity contribution >= 4 is 17.2 Å². The molecular weight excluding hydrogens is 222 g/mol. The Labute approximate surface area is 101 Å². The fourth-order valence-electron chi connectivity index (χ4n) is 1.33. The lowest BCUT2D eigenvalue weighted by Gasteiger charge is -2.14. The summed E-state index contributed by atoms with van der Waals surface area (Å²) in [6.07, 6.45) is 3.43. The summed E-state index contributed by atoms with van der Waals surface area (Å²) in [6.45, 7) is 3.81. The van der Waals surface area contributed by atoms with Crippen LogP contribution in [0, 0.1) is 6.92 Å². The molecule has 1 heterocycles. The van der Waals surface area contributed by atoms with Gasteiger partial charge in [0.2, 0.25) is 5.91 Å². The lowest BCUT2D eigenvalue weighted by atomic mass is 10.3. The van der Waals surface area contributed by atoms with Crippen LogP contribution in [0.5, 0.6) is 0 Å². The maximum Gasteiger partial charge on any atom is 0.221 e. The number of rotatable bonds is 6. The van der Waals surface area contributed by atoms with Gasteiger partial charge >= 0.3 is 0 Å². The number of hydrogen-bond acceptors (Lipinski definition) is 4. The third-order valence-electron chi connectivity index (χ3n) is 2.38. The Balaban J connectivity index is 2.19. The van der Waals surface area contributed by atoms with E-state index in [4.69, 9.17) is 0 Å². The second-order valence-electron chi connectivity index (χ2n) is 3.84. The molecule has 1 aromatic rings. The first-order valence-electron chi connectivity index (χ1n) is 5.42. The average Bonchev–Trinajstić information content (AvgIpc) is 2.69. The molecule has 0 radical (unpaired) electrons. The molecule has 0 aliphatic heterocycles. The Bertz CT molecular complexity index is 338. The van der Waals surface area contributed by atoms with Gasteiger partial charge in [0.15, 0.2) is 0 Å². The van der Waals surface area contributed by atoms with Gasteiger partial charge in [-0.05, 0) is 14.0 Å². The van der Waals surface area contributed by atoms with Crippen molar-refractivity contribution in [3.05, 3.63) is 16.1 Å². The molecule has 5 heteroatoms. The van der Waals surface area contributed by atoms with E-state index in [1.54, 1.807) is 18.4 Å². The molecule has 1 amide bonds. The predicted octanol–water partition coefficient (Wildman–Crippen LogP) is 1.06. The smallest absolute Gasteiger partial charge is 0.221 e. The summed E-state index contributed by atoms with van der Waals surface area (Å²) in [6, 6.07) is 0. The summed E-state index contributed by atoms with van der Waals surface area (Å²) < 4.78 is 0. The van der Waals surface area contributed by atoms with Crippen molar-refractivity contribution in [1.82, 2.24) is 15.2 Å². The highest BCUT2D eigenvalue weighted by atomic mass is 32.1. The van der Waals surface area contributed by atoms with E-state index in [1.165, 1.54) is 9.88 Å². The van der Waals surface area contributed by atoms with Crippen molar-refractivity contribution in [2.75, 3.05) is 27.2 Å². The number of likely N-dealkylation sites (N-methyl/N-ethyl adjacent to an activating group) is 1. The normalized spacial score (nSPS) is 10.8. The lowest BCUT2D eigenvalue weighted by molar-refractivity contribution is -0.120. The first-order chi connectivity index (χ1) is 7.61. The fourth-order valence-corrected chi connectivity index (χ4v) is 2.11. The number of carbonyl (C=O) groups is 1. The summed E-state index contributed by atoms with van der Waals surface area (Å²) >= 11 is 1.74. The molecule has 0 aromatic carbocycles. The molecule has 0 aliphatic rings. The van der Waals surface area contributed by atoms with E-state index >= 15 is 0 Å². The van der Waals surface area contributed by atoms with Crippen LogP contribution in [-0.4, -0.2) is 43.0 Å². The van der Waals surface area contributed by atoms with Crippen LogP contribution < -0.4 is 5.32 Å². The quantitative estimate of drug-likeness (QED) is 0.810. The zero-order valence-corrected chi connectivity index (χ0v) is 10.9. The van der Waals surface area contributed by atoms with Crippen LogP contribution in [0.1, 0.15) is 16.3 Å². The van der Waals surface area contributed by atoms with E-state index < -0.39 is 0 Å². The predicted molar refractivity (Wildman–Crippen MR) is 66.7 cm³/mol. The van der Waals surface area contributed by atoms with Crippen LogP contribution in [0.4, 0.5) is 0 Å². The Morgan fingerprint density at radius 3 is 2.88 bits per heavy atom. The number of thiazole rings is 1. The Morgan fingerprint density at radius 1 is 1.56 bits per heavy atom. The minimum Gasteiger partial charge on any atom is -0.359 e. The molecule has 16 heavy (non-hydrogen) atoms. The summed E-state index contributed by atoms with van der Waals surface area (Å²) in [5, 5.41) is 3.79. The Kier molecular flexibility index (Phi) is 5.42. The third kappa shape index (κ3) is 4.72. The van der Waals surface area contributed by atoms with Crippen LogP contribution in [0.2, 0.25) is 0 Å². The summed E-state index contributed by atoms with van der Waals surface area (Å²) in [5.41, 5.74) is 0. The average molecular weight is 241 g/mol. The highest BCUT2D eigenvalue weighted by molar-refractivity contribution is 7.11. The molecule has 0 unspecified atom stereocenters. The van der Waals surface area contributed by atoms with Crippen LogP contribution in [-0.2, 0) is 11.2 Å². The first kappa shape index (κ1) is 13.1. The second kappa shape index (κ2) is 6.60. The summed E-state index contributed by atoms with van der Waals surface area (Å²) in [7, 11) is 3.70. The maximum atomic E-state index is 11.0. The highest BCUT2D eigenvalue weighted by Gasteiger charge is 2.04. The van der Waals surface area contributed by atoms with Crippen molar-refractivity contribution in [3.63, 3.8) is 0 Å². The van der Waals surface area contributed by atoms with Gasteiger partial charge in [0.1, 0.15) is 0 Å². The number of amides is 1. The summed E-state index contributed by atoms with van der Waals surface area (Å²) in [4.78, 5) is 18.8. The molecule has 0 spiro atoms. The van der Waals surface area contributed by atoms with Crippen molar-refractivity contribution in [3.8, 4) is 0 Å². The van der Waals surface area contributed by atoms with Gasteiger partial charge in [0.25, 0.3) is 0 Å². The molecule has 4 nitrogen and oxygen atoms in total. The van der Waals surface area contributed by atoms with E-state index in [2.05, 4.69) is 22.1 Å². The Morgan fingerprint density at radius 2 is 2.31 bits per heavy atom. The largest absolute Gasteiger partial charge is 0.359 e. The molecular formula is C11H19N3OS. The van der Waals surface area contributed by atoms with Crippen molar-refractivity contribution in [2.24, 2.45) is 0 Å². The van der Waals surface area contributed by atoms with Crippen LogP contribution in [0.25, 0.3) is 0 Å². The standard InChI is InChI=1S/C11H19N3OS/c1-9-8-13-11(16-9)5-7-14(3)6-4-10(15)12-2/h8H,4-7H2,1-3H3,(H,12,15). The molecule has 1 N–H and O–H groups in total. The number of nitrogens with one attached hydrogen (secondary N) is 1. The van der Waals surface area contributed by atoms with Crippen LogP contribution in [0.3, 0.4) is 0 Å². The molecule has 0 bridgehead atoms. The van der Waals surface area contributed by atoms with Gasteiger partial charge in [-0.25, -0.2) is 4.98 Å². The lowest BCUT2D eigenvalue weighted by Crippen LogP contribution is -2.27. The Hall–Kier alpha value is -0.940. The molecule has 1 rings (SSSR count). The molecule has 0 aliphatic carbocycles. The van der Waals surface area contributed by atoms with Gasteiger partial charge < -0.3 is 10.2 Å². The maximum absolute atomic E-state index is 11.0. The number of aryl methyl sites for hydroxylation is 1. The molecule has 90 valence electrons. The van der Waals surface area contributed by atoms with Crippen molar-refractivity contribution in [2.45, 2.75) is 19.8 Å². The van der Waals surface area contributed by atoms with Crippen molar-refractivity contribution in [1.29, 1.82) is 0 Å². The number of carbonyl (C=O) groups excluding carboxylic acids is 1. The topological polar surface area (TPSA) is 45.2 Å². The van der Waals surface area contributed by atoms with Gasteiger partial charge in [0, 0.05) is 44.1 Å². The van der Waals surface area contributed by atoms with E-state index in [1.807, 2.05) is 13.2 Å². The first-order valence-corrected chi connectivity index (χ1v) is 6.24.